The molecule has 4 aromatic rings. The first-order valence-corrected chi connectivity index (χ1v) is 13.7. The largest absolute Gasteiger partial charge is 0.395 e. The number of fused-ring (bicyclic) bond motifs is 1. The number of nitrogens with one attached hydrogen (secondary N) is 2. The van der Waals surface area contributed by atoms with Gasteiger partial charge in [0.15, 0.2) is 0 Å². The lowest BCUT2D eigenvalue weighted by Gasteiger charge is -2.24. The summed E-state index contributed by atoms with van der Waals surface area (Å²) in [6, 6.07) is 13.2. The first-order chi connectivity index (χ1) is 19.0. The third kappa shape index (κ3) is 5.90. The highest BCUT2D eigenvalue weighted by molar-refractivity contribution is 7.17. The summed E-state index contributed by atoms with van der Waals surface area (Å²) >= 11 is 1.34. The van der Waals surface area contributed by atoms with Crippen molar-refractivity contribution < 1.29 is 14.7 Å². The molecule has 0 unspecified atom stereocenters. The van der Waals surface area contributed by atoms with Crippen LogP contribution in [0.3, 0.4) is 0 Å². The summed E-state index contributed by atoms with van der Waals surface area (Å²) in [5, 5.41) is 23.6. The van der Waals surface area contributed by atoms with E-state index in [1.165, 1.54) is 17.4 Å². The average molecular weight is 546 g/mol. The third-order valence-corrected chi connectivity index (χ3v) is 7.96. The number of aromatic nitrogens is 4. The molecule has 1 saturated heterocycles. The molecule has 1 fully saturated rings. The van der Waals surface area contributed by atoms with Crippen LogP contribution in [0.1, 0.15) is 35.0 Å². The highest BCUT2D eigenvalue weighted by atomic mass is 32.1. The van der Waals surface area contributed by atoms with Gasteiger partial charge >= 0.3 is 0 Å². The van der Waals surface area contributed by atoms with E-state index < -0.39 is 0 Å². The quantitative estimate of drug-likeness (QED) is 0.261. The van der Waals surface area contributed by atoms with E-state index in [-0.39, 0.29) is 30.5 Å². The summed E-state index contributed by atoms with van der Waals surface area (Å²) < 4.78 is 1.98. The summed E-state index contributed by atoms with van der Waals surface area (Å²) in [6.45, 7) is 7.38. The van der Waals surface area contributed by atoms with Gasteiger partial charge in [-0.15, -0.1) is 16.4 Å². The smallest absolute Gasteiger partial charge is 0.268 e. The highest BCUT2D eigenvalue weighted by Crippen LogP contribution is 2.29. The zero-order chi connectivity index (χ0) is 27.4. The molecule has 2 atom stereocenters. The number of likely N-dealkylation sites (tertiary alicyclic amines) is 1. The molecular formula is C28H31N7O3S. The Morgan fingerprint density at radius 2 is 2.15 bits per heavy atom. The fourth-order valence-corrected chi connectivity index (χ4v) is 5.63. The van der Waals surface area contributed by atoms with Crippen molar-refractivity contribution in [3.8, 4) is 10.6 Å². The number of anilines is 1. The second kappa shape index (κ2) is 11.9. The Morgan fingerprint density at radius 3 is 2.92 bits per heavy atom. The molecule has 1 aliphatic heterocycles. The van der Waals surface area contributed by atoms with Crippen LogP contribution in [0.4, 0.5) is 5.95 Å². The molecule has 202 valence electrons. The molecule has 1 aromatic carbocycles. The van der Waals surface area contributed by atoms with Crippen molar-refractivity contribution >= 4 is 40.1 Å². The van der Waals surface area contributed by atoms with Crippen LogP contribution in [0, 0.1) is 0 Å². The second-order valence-electron chi connectivity index (χ2n) is 9.59. The number of hydrogen-bond donors (Lipinski definition) is 3. The van der Waals surface area contributed by atoms with Crippen LogP contribution in [-0.4, -0.2) is 66.8 Å². The Hall–Kier alpha value is -3.93. The molecule has 11 heteroatoms. The molecule has 1 aliphatic rings. The van der Waals surface area contributed by atoms with E-state index in [1.807, 2.05) is 52.8 Å². The zero-order valence-corrected chi connectivity index (χ0v) is 22.5. The summed E-state index contributed by atoms with van der Waals surface area (Å²) in [6.07, 6.45) is 4.74. The topological polar surface area (TPSA) is 125 Å². The van der Waals surface area contributed by atoms with Crippen LogP contribution in [0.15, 0.2) is 61.3 Å². The number of carbonyl (C=O) groups excluding carboxylic acids is 2. The number of nitrogens with zero attached hydrogens (tertiary/aromatic N) is 5. The number of thiophene rings is 1. The summed E-state index contributed by atoms with van der Waals surface area (Å²) in [5.74, 6) is 0.0704. The SMILES string of the molecule is C=CC(=O)N1CCC[C@@H]1Cn1c(NC(=O)c2ccc(-c3cccnn3)s2)nc2cc(CN[C@H](C)CO)ccc21. The lowest BCUT2D eigenvalue weighted by atomic mass is 10.1. The second-order valence-corrected chi connectivity index (χ2v) is 10.7. The van der Waals surface area contributed by atoms with E-state index in [0.29, 0.717) is 36.2 Å². The molecule has 0 saturated carbocycles. The Kier molecular flexibility index (Phi) is 8.10. The minimum Gasteiger partial charge on any atom is -0.395 e. The van der Waals surface area contributed by atoms with Crippen LogP contribution in [0.2, 0.25) is 0 Å². The first kappa shape index (κ1) is 26.7. The number of imidazole rings is 1. The fraction of sp³-hybridized carbons (Fsp3) is 0.321. The molecule has 3 N–H and O–H groups in total. The summed E-state index contributed by atoms with van der Waals surface area (Å²) in [4.78, 5) is 33.8. The molecule has 0 bridgehead atoms. The number of amides is 2. The highest BCUT2D eigenvalue weighted by Gasteiger charge is 2.29. The van der Waals surface area contributed by atoms with E-state index in [4.69, 9.17) is 4.98 Å². The molecule has 3 aromatic heterocycles. The number of aliphatic hydroxyl groups excluding tert-OH is 1. The van der Waals surface area contributed by atoms with E-state index in [0.717, 1.165) is 34.3 Å². The van der Waals surface area contributed by atoms with Crippen molar-refractivity contribution in [2.75, 3.05) is 18.5 Å². The van der Waals surface area contributed by atoms with Gasteiger partial charge in [0.05, 0.1) is 33.4 Å². The van der Waals surface area contributed by atoms with Crippen LogP contribution in [0.5, 0.6) is 0 Å². The van der Waals surface area contributed by atoms with Crippen LogP contribution < -0.4 is 10.6 Å². The van der Waals surface area contributed by atoms with E-state index in [2.05, 4.69) is 27.4 Å². The van der Waals surface area contributed by atoms with Crippen LogP contribution >= 0.6 is 11.3 Å². The number of aliphatic hydroxyl groups is 1. The lowest BCUT2D eigenvalue weighted by Crippen LogP contribution is -2.37. The van der Waals surface area contributed by atoms with Crippen molar-refractivity contribution in [3.63, 3.8) is 0 Å². The van der Waals surface area contributed by atoms with Gasteiger partial charge in [-0.2, -0.15) is 5.10 Å². The van der Waals surface area contributed by atoms with Gasteiger partial charge in [0.2, 0.25) is 11.9 Å². The maximum Gasteiger partial charge on any atom is 0.268 e. The van der Waals surface area contributed by atoms with Crippen molar-refractivity contribution in [1.82, 2.24) is 30.0 Å². The number of carbonyl (C=O) groups is 2. The van der Waals surface area contributed by atoms with E-state index in [1.54, 1.807) is 12.3 Å². The van der Waals surface area contributed by atoms with Gasteiger partial charge < -0.3 is 19.9 Å². The minimum atomic E-state index is -0.268. The predicted octanol–water partition coefficient (Wildman–Crippen LogP) is 3.45. The van der Waals surface area contributed by atoms with Crippen molar-refractivity contribution in [3.05, 3.63) is 71.8 Å². The molecule has 0 spiro atoms. The normalized spacial score (nSPS) is 15.9. The van der Waals surface area contributed by atoms with Crippen molar-refractivity contribution in [2.45, 2.75) is 44.9 Å². The Morgan fingerprint density at radius 1 is 1.28 bits per heavy atom. The number of benzene rings is 1. The molecule has 10 nitrogen and oxygen atoms in total. The molecule has 39 heavy (non-hydrogen) atoms. The maximum atomic E-state index is 13.3. The van der Waals surface area contributed by atoms with Gasteiger partial charge in [-0.05, 0) is 67.8 Å². The molecule has 4 heterocycles. The monoisotopic (exact) mass is 545 g/mol. The van der Waals surface area contributed by atoms with Crippen molar-refractivity contribution in [2.24, 2.45) is 0 Å². The standard InChI is InChI=1S/C28H31N7O3S/c1-3-26(37)34-13-5-6-20(34)16-35-23-9-8-19(15-29-18(2)17-36)14-22(23)31-28(35)32-27(38)25-11-10-24(39-25)21-7-4-12-30-33-21/h3-4,7-12,14,18,20,29,36H,1,5-6,13,15-17H2,2H3,(H,31,32,38)/t18-,20-/m1/s1. The molecule has 2 amide bonds. The Bertz CT molecular complexity index is 1480. The molecular weight excluding hydrogens is 514 g/mol. The lowest BCUT2D eigenvalue weighted by molar-refractivity contribution is -0.126. The van der Waals surface area contributed by atoms with Gasteiger partial charge in [0, 0.05) is 31.9 Å². The Labute approximate surface area is 230 Å². The first-order valence-electron chi connectivity index (χ1n) is 12.9. The van der Waals surface area contributed by atoms with Crippen molar-refractivity contribution in [1.29, 1.82) is 0 Å². The van der Waals surface area contributed by atoms with Gasteiger partial charge in [-0.3, -0.25) is 14.9 Å². The average Bonchev–Trinajstić information content (AvgIpc) is 3.71. The molecule has 0 radical (unpaired) electrons. The van der Waals surface area contributed by atoms with Gasteiger partial charge in [0.1, 0.15) is 5.69 Å². The fourth-order valence-electron chi connectivity index (χ4n) is 4.76. The Balaban J connectivity index is 1.44. The van der Waals surface area contributed by atoms with Gasteiger partial charge in [-0.1, -0.05) is 12.6 Å². The van der Waals surface area contributed by atoms with Crippen LogP contribution in [-0.2, 0) is 17.9 Å². The molecule has 5 rings (SSSR count). The number of rotatable bonds is 10. The third-order valence-electron chi connectivity index (χ3n) is 6.85. The van der Waals surface area contributed by atoms with E-state index >= 15 is 0 Å². The van der Waals surface area contributed by atoms with Gasteiger partial charge in [-0.25, -0.2) is 4.98 Å². The summed E-state index contributed by atoms with van der Waals surface area (Å²) in [5.41, 5.74) is 3.33. The van der Waals surface area contributed by atoms with Crippen LogP contribution in [0.25, 0.3) is 21.6 Å². The van der Waals surface area contributed by atoms with E-state index in [9.17, 15) is 14.7 Å². The van der Waals surface area contributed by atoms with Gasteiger partial charge in [0.25, 0.3) is 5.91 Å². The minimum absolute atomic E-state index is 0.0265. The number of hydrogen-bond acceptors (Lipinski definition) is 8. The summed E-state index contributed by atoms with van der Waals surface area (Å²) in [7, 11) is 0. The zero-order valence-electron chi connectivity index (χ0n) is 21.7. The predicted molar refractivity (Wildman–Crippen MR) is 151 cm³/mol. The maximum absolute atomic E-state index is 13.3. The molecule has 0 aliphatic carbocycles.